The molecule has 0 radical (unpaired) electrons. The van der Waals surface area contributed by atoms with E-state index < -0.39 is 30.1 Å². The molecule has 0 atom stereocenters. The van der Waals surface area contributed by atoms with E-state index in [9.17, 15) is 18.4 Å². The minimum absolute atomic E-state index is 0.0468. The van der Waals surface area contributed by atoms with Crippen LogP contribution in [0.4, 0.5) is 8.78 Å². The van der Waals surface area contributed by atoms with Gasteiger partial charge >= 0.3 is 5.97 Å². The summed E-state index contributed by atoms with van der Waals surface area (Å²) in [6, 6.07) is 1.33. The van der Waals surface area contributed by atoms with Gasteiger partial charge in [0.1, 0.15) is 6.54 Å². The van der Waals surface area contributed by atoms with Crippen molar-refractivity contribution in [2.45, 2.75) is 19.9 Å². The number of carbonyl (C=O) groups is 2. The summed E-state index contributed by atoms with van der Waals surface area (Å²) < 4.78 is 26.4. The molecule has 0 heterocycles. The van der Waals surface area contributed by atoms with E-state index in [0.29, 0.717) is 0 Å². The molecule has 19 heavy (non-hydrogen) atoms. The van der Waals surface area contributed by atoms with Gasteiger partial charge in [-0.15, -0.1) is 0 Å². The number of nitrogens with zero attached hydrogens (tertiary/aromatic N) is 1. The van der Waals surface area contributed by atoms with Crippen molar-refractivity contribution in [1.29, 1.82) is 0 Å². The Hall–Kier alpha value is -1.25. The fraction of sp³-hybridized carbons (Fsp3) is 0.333. The maximum atomic E-state index is 13.2. The highest BCUT2D eigenvalue weighted by Crippen LogP contribution is 2.19. The van der Waals surface area contributed by atoms with E-state index in [1.54, 1.807) is 36.4 Å². The predicted molar refractivity (Wildman–Crippen MR) is 72.9 cm³/mol. The lowest BCUT2D eigenvalue weighted by molar-refractivity contribution is -0.138. The smallest absolute Gasteiger partial charge is 0.323 e. The van der Waals surface area contributed by atoms with Gasteiger partial charge in [-0.25, -0.2) is 8.78 Å². The monoisotopic (exact) mass is 383 g/mol. The van der Waals surface area contributed by atoms with Crippen molar-refractivity contribution in [3.05, 3.63) is 32.9 Å². The number of carboxylic acids is 1. The Morgan fingerprint density at radius 1 is 1.32 bits per heavy atom. The van der Waals surface area contributed by atoms with Crippen LogP contribution in [0.1, 0.15) is 24.2 Å². The Morgan fingerprint density at radius 3 is 2.32 bits per heavy atom. The molecule has 0 aliphatic heterocycles. The van der Waals surface area contributed by atoms with Crippen LogP contribution < -0.4 is 0 Å². The van der Waals surface area contributed by atoms with Gasteiger partial charge in [0.05, 0.1) is 5.56 Å². The third-order valence-electron chi connectivity index (χ3n) is 2.43. The second-order valence-electron chi connectivity index (χ2n) is 4.17. The van der Waals surface area contributed by atoms with Crippen LogP contribution in [-0.2, 0) is 4.79 Å². The topological polar surface area (TPSA) is 57.6 Å². The van der Waals surface area contributed by atoms with Gasteiger partial charge in [0.2, 0.25) is 0 Å². The van der Waals surface area contributed by atoms with Crippen LogP contribution in [0.3, 0.4) is 0 Å². The minimum atomic E-state index is -1.17. The molecule has 1 amide bonds. The lowest BCUT2D eigenvalue weighted by atomic mass is 10.1. The summed E-state index contributed by atoms with van der Waals surface area (Å²) in [7, 11) is 0. The molecule has 0 fully saturated rings. The summed E-state index contributed by atoms with van der Waals surface area (Å²) in [6.45, 7) is 2.80. The number of carbonyl (C=O) groups excluding carboxylic acids is 1. The summed E-state index contributed by atoms with van der Waals surface area (Å²) in [5.74, 6) is -3.99. The number of halogens is 3. The molecule has 104 valence electrons. The predicted octanol–water partition coefficient (Wildman–Crippen LogP) is 2.50. The number of rotatable bonds is 4. The third-order valence-corrected chi connectivity index (χ3v) is 3.32. The van der Waals surface area contributed by atoms with Gasteiger partial charge in [-0.05, 0) is 48.6 Å². The lowest BCUT2D eigenvalue weighted by Gasteiger charge is -2.25. The van der Waals surface area contributed by atoms with Crippen molar-refractivity contribution in [2.75, 3.05) is 6.54 Å². The zero-order chi connectivity index (χ0) is 14.7. The van der Waals surface area contributed by atoms with Crippen molar-refractivity contribution in [3.8, 4) is 0 Å². The Morgan fingerprint density at radius 2 is 1.84 bits per heavy atom. The van der Waals surface area contributed by atoms with Crippen molar-refractivity contribution in [2.24, 2.45) is 0 Å². The molecule has 1 aromatic rings. The summed E-state index contributed by atoms with van der Waals surface area (Å²) in [5.41, 5.74) is -0.0468. The lowest BCUT2D eigenvalue weighted by Crippen LogP contribution is -2.41. The van der Waals surface area contributed by atoms with Crippen LogP contribution in [0.5, 0.6) is 0 Å². The van der Waals surface area contributed by atoms with Crippen molar-refractivity contribution < 1.29 is 23.5 Å². The quantitative estimate of drug-likeness (QED) is 0.642. The molecule has 7 heteroatoms. The average Bonchev–Trinajstić information content (AvgIpc) is 2.29. The molecule has 4 nitrogen and oxygen atoms in total. The molecule has 0 aromatic heterocycles. The molecule has 1 N–H and O–H groups in total. The van der Waals surface area contributed by atoms with Gasteiger partial charge in [-0.2, -0.15) is 0 Å². The molecular formula is C12H12F2INO3. The third kappa shape index (κ3) is 3.85. The highest BCUT2D eigenvalue weighted by Gasteiger charge is 2.24. The van der Waals surface area contributed by atoms with Crippen molar-refractivity contribution in [3.63, 3.8) is 0 Å². The van der Waals surface area contributed by atoms with E-state index in [4.69, 9.17) is 5.11 Å². The number of aliphatic carboxylic acids is 1. The molecule has 0 saturated heterocycles. The van der Waals surface area contributed by atoms with E-state index in [1.165, 1.54) is 0 Å². The fourth-order valence-corrected chi connectivity index (χ4v) is 2.14. The largest absolute Gasteiger partial charge is 0.480 e. The average molecular weight is 383 g/mol. The fourth-order valence-electron chi connectivity index (χ4n) is 1.48. The molecule has 1 aromatic carbocycles. The Balaban J connectivity index is 3.16. The minimum Gasteiger partial charge on any atom is -0.480 e. The Bertz CT molecular complexity index is 520. The molecule has 0 aliphatic rings. The number of hydrogen-bond acceptors (Lipinski definition) is 2. The molecule has 0 spiro atoms. The van der Waals surface area contributed by atoms with Gasteiger partial charge in [-0.1, -0.05) is 0 Å². The molecule has 0 aliphatic carbocycles. The maximum absolute atomic E-state index is 13.2. The zero-order valence-electron chi connectivity index (χ0n) is 10.3. The number of amides is 1. The normalized spacial score (nSPS) is 10.6. The van der Waals surface area contributed by atoms with Crippen LogP contribution in [0.2, 0.25) is 0 Å². The van der Waals surface area contributed by atoms with Crippen LogP contribution in [0, 0.1) is 15.2 Å². The van der Waals surface area contributed by atoms with E-state index in [1.807, 2.05) is 0 Å². The first-order chi connectivity index (χ1) is 8.73. The first-order valence-electron chi connectivity index (χ1n) is 5.41. The number of benzene rings is 1. The highest BCUT2D eigenvalue weighted by atomic mass is 127. The van der Waals surface area contributed by atoms with Gasteiger partial charge in [-0.3, -0.25) is 9.59 Å². The van der Waals surface area contributed by atoms with E-state index >= 15 is 0 Å². The summed E-state index contributed by atoms with van der Waals surface area (Å²) in [6.07, 6.45) is 0. The molecule has 0 saturated carbocycles. The SMILES string of the molecule is CC(C)N(CC(=O)O)C(=O)c1cc(F)c(F)cc1I. The Labute approximate surface area is 122 Å². The van der Waals surface area contributed by atoms with E-state index in [-0.39, 0.29) is 15.2 Å². The van der Waals surface area contributed by atoms with E-state index in [2.05, 4.69) is 0 Å². The van der Waals surface area contributed by atoms with Gasteiger partial charge in [0.15, 0.2) is 11.6 Å². The number of hydrogen-bond donors (Lipinski definition) is 1. The molecule has 0 unspecified atom stereocenters. The maximum Gasteiger partial charge on any atom is 0.323 e. The standard InChI is InChI=1S/C12H12F2INO3/c1-6(2)16(5-11(17)18)12(19)7-3-8(13)9(14)4-10(7)15/h3-4,6H,5H2,1-2H3,(H,17,18). The van der Waals surface area contributed by atoms with Crippen LogP contribution in [-0.4, -0.2) is 34.5 Å². The second-order valence-corrected chi connectivity index (χ2v) is 5.33. The first kappa shape index (κ1) is 15.8. The highest BCUT2D eigenvalue weighted by molar-refractivity contribution is 14.1. The van der Waals surface area contributed by atoms with Gasteiger partial charge < -0.3 is 10.0 Å². The summed E-state index contributed by atoms with van der Waals surface area (Å²) in [4.78, 5) is 24.0. The van der Waals surface area contributed by atoms with Gasteiger partial charge in [0.25, 0.3) is 5.91 Å². The zero-order valence-corrected chi connectivity index (χ0v) is 12.4. The van der Waals surface area contributed by atoms with Crippen molar-refractivity contribution >= 4 is 34.5 Å². The van der Waals surface area contributed by atoms with Gasteiger partial charge in [0, 0.05) is 9.61 Å². The van der Waals surface area contributed by atoms with Crippen molar-refractivity contribution in [1.82, 2.24) is 4.90 Å². The second kappa shape index (κ2) is 6.27. The van der Waals surface area contributed by atoms with Crippen LogP contribution in [0.25, 0.3) is 0 Å². The van der Waals surface area contributed by atoms with E-state index in [0.717, 1.165) is 17.0 Å². The molecule has 1 rings (SSSR count). The molecule has 0 bridgehead atoms. The number of carboxylic acid groups (broad SMARTS) is 1. The Kier molecular flexibility index (Phi) is 5.21. The van der Waals surface area contributed by atoms with Crippen LogP contribution in [0.15, 0.2) is 12.1 Å². The summed E-state index contributed by atoms with van der Waals surface area (Å²) in [5, 5.41) is 8.77. The first-order valence-corrected chi connectivity index (χ1v) is 6.49. The van der Waals surface area contributed by atoms with Crippen LogP contribution >= 0.6 is 22.6 Å². The molecular weight excluding hydrogens is 371 g/mol. The summed E-state index contributed by atoms with van der Waals surface area (Å²) >= 11 is 1.71.